The van der Waals surface area contributed by atoms with Crippen LogP contribution in [0.3, 0.4) is 0 Å². The van der Waals surface area contributed by atoms with Crippen molar-refractivity contribution in [3.8, 4) is 11.1 Å². The Hall–Kier alpha value is -2.81. The minimum atomic E-state index is -4.33. The van der Waals surface area contributed by atoms with Crippen LogP contribution < -0.4 is 10.6 Å². The number of likely N-dealkylation sites (tertiary alicyclic amines) is 1. The van der Waals surface area contributed by atoms with Gasteiger partial charge >= 0.3 is 6.18 Å². The molecule has 4 nitrogen and oxygen atoms in total. The Morgan fingerprint density at radius 3 is 2.20 bits per heavy atom. The van der Waals surface area contributed by atoms with E-state index < -0.39 is 18.1 Å². The predicted molar refractivity (Wildman–Crippen MR) is 156 cm³/mol. The largest absolute Gasteiger partial charge is 0.405 e. The fourth-order valence-corrected chi connectivity index (χ4v) is 7.09. The normalized spacial score (nSPS) is 16.8. The highest BCUT2D eigenvalue weighted by Crippen LogP contribution is 2.54. The number of amides is 1. The standard InChI is InChI=1S/C31H33ClF3N3OS/c1-21(36-20-31(33,34)35)30(25-10-4-2-8-23(25)24-9-3-5-11-26(24)30)16-6-7-17-38-18-14-22(15-19-38)37-29(39)27-12-13-28(32)40-27/h2-5,8-13,22,36H,1,6-7,14-20H2,(H,37,39). The van der Waals surface area contributed by atoms with Crippen molar-refractivity contribution in [2.45, 2.75) is 49.7 Å². The third-order valence-corrected chi connectivity index (χ3v) is 9.31. The third kappa shape index (κ3) is 6.09. The van der Waals surface area contributed by atoms with Crippen LogP contribution in [0.5, 0.6) is 0 Å². The summed E-state index contributed by atoms with van der Waals surface area (Å²) in [6.45, 7) is 5.76. The molecule has 0 saturated carbocycles. The monoisotopic (exact) mass is 587 g/mol. The molecule has 1 fully saturated rings. The molecule has 2 heterocycles. The molecule has 0 spiro atoms. The molecular weight excluding hydrogens is 555 g/mol. The average molecular weight is 588 g/mol. The van der Waals surface area contributed by atoms with Crippen molar-refractivity contribution >= 4 is 28.8 Å². The number of piperidine rings is 1. The van der Waals surface area contributed by atoms with Crippen molar-refractivity contribution in [1.29, 1.82) is 0 Å². The SMILES string of the molecule is C=C(NCC(F)(F)F)C1(CCCCN2CCC(NC(=O)c3ccc(Cl)s3)CC2)c2ccccc2-c2ccccc21. The van der Waals surface area contributed by atoms with Crippen LogP contribution in [0.1, 0.15) is 52.9 Å². The number of thiophene rings is 1. The van der Waals surface area contributed by atoms with Crippen LogP contribution in [0.25, 0.3) is 11.1 Å². The molecule has 1 amide bonds. The number of alkyl halides is 3. The summed E-state index contributed by atoms with van der Waals surface area (Å²) in [6.07, 6.45) is -0.138. The van der Waals surface area contributed by atoms with E-state index in [0.29, 0.717) is 21.3 Å². The maximum atomic E-state index is 13.2. The molecule has 0 atom stereocenters. The first-order valence-electron chi connectivity index (χ1n) is 13.7. The Morgan fingerprint density at radius 2 is 1.62 bits per heavy atom. The Labute approximate surface area is 242 Å². The first-order valence-corrected chi connectivity index (χ1v) is 14.8. The van der Waals surface area contributed by atoms with E-state index >= 15 is 0 Å². The van der Waals surface area contributed by atoms with Crippen LogP contribution in [-0.2, 0) is 5.41 Å². The second-order valence-electron chi connectivity index (χ2n) is 10.6. The molecule has 1 aliphatic carbocycles. The summed E-state index contributed by atoms with van der Waals surface area (Å²) in [5.74, 6) is -0.0721. The van der Waals surface area contributed by atoms with Crippen molar-refractivity contribution in [3.05, 3.63) is 93.3 Å². The Kier molecular flexibility index (Phi) is 8.59. The molecule has 2 N–H and O–H groups in total. The van der Waals surface area contributed by atoms with Gasteiger partial charge in [-0.3, -0.25) is 4.79 Å². The van der Waals surface area contributed by atoms with Gasteiger partial charge in [-0.1, -0.05) is 73.1 Å². The summed E-state index contributed by atoms with van der Waals surface area (Å²) in [7, 11) is 0. The van der Waals surface area contributed by atoms with E-state index in [4.69, 9.17) is 11.6 Å². The molecule has 212 valence electrons. The Balaban J connectivity index is 1.21. The minimum Gasteiger partial charge on any atom is -0.379 e. The number of nitrogens with one attached hydrogen (secondary N) is 2. The van der Waals surface area contributed by atoms with Gasteiger partial charge in [0.1, 0.15) is 6.54 Å². The Morgan fingerprint density at radius 1 is 1.00 bits per heavy atom. The lowest BCUT2D eigenvalue weighted by molar-refractivity contribution is -0.123. The highest BCUT2D eigenvalue weighted by atomic mass is 35.5. The number of carbonyl (C=O) groups excluding carboxylic acids is 1. The van der Waals surface area contributed by atoms with Gasteiger partial charge in [0.25, 0.3) is 5.91 Å². The van der Waals surface area contributed by atoms with Gasteiger partial charge in [-0.25, -0.2) is 0 Å². The van der Waals surface area contributed by atoms with Crippen LogP contribution in [-0.4, -0.2) is 49.2 Å². The summed E-state index contributed by atoms with van der Waals surface area (Å²) < 4.78 is 40.1. The van der Waals surface area contributed by atoms with Gasteiger partial charge in [0, 0.05) is 24.8 Å². The Bertz CT molecular complexity index is 1320. The summed E-state index contributed by atoms with van der Waals surface area (Å²) in [4.78, 5) is 15.5. The van der Waals surface area contributed by atoms with Crippen LogP contribution >= 0.6 is 22.9 Å². The highest BCUT2D eigenvalue weighted by molar-refractivity contribution is 7.18. The fourth-order valence-electron chi connectivity index (χ4n) is 6.15. The van der Waals surface area contributed by atoms with Gasteiger partial charge in [0.15, 0.2) is 0 Å². The third-order valence-electron chi connectivity index (χ3n) is 8.08. The number of carbonyl (C=O) groups is 1. The second-order valence-corrected chi connectivity index (χ2v) is 12.3. The molecule has 2 aliphatic rings. The van der Waals surface area contributed by atoms with Crippen molar-refractivity contribution in [2.75, 3.05) is 26.2 Å². The van der Waals surface area contributed by atoms with Gasteiger partial charge in [-0.2, -0.15) is 13.2 Å². The number of benzene rings is 2. The highest BCUT2D eigenvalue weighted by Gasteiger charge is 2.45. The molecule has 1 aromatic heterocycles. The fraction of sp³-hybridized carbons (Fsp3) is 0.387. The molecule has 5 rings (SSSR count). The number of nitrogens with zero attached hydrogens (tertiary/aromatic N) is 1. The van der Waals surface area contributed by atoms with Crippen LogP contribution in [0.15, 0.2) is 72.9 Å². The van der Waals surface area contributed by atoms with Gasteiger partial charge < -0.3 is 15.5 Å². The van der Waals surface area contributed by atoms with Gasteiger partial charge in [-0.15, -0.1) is 11.3 Å². The van der Waals surface area contributed by atoms with E-state index in [1.807, 2.05) is 48.5 Å². The quantitative estimate of drug-likeness (QED) is 0.243. The number of hydrogen-bond acceptors (Lipinski definition) is 4. The minimum absolute atomic E-state index is 0.0721. The number of halogens is 4. The molecule has 40 heavy (non-hydrogen) atoms. The van der Waals surface area contributed by atoms with E-state index in [2.05, 4.69) is 22.1 Å². The number of unbranched alkanes of at least 4 members (excludes halogenated alkanes) is 1. The van der Waals surface area contributed by atoms with Crippen molar-refractivity contribution in [3.63, 3.8) is 0 Å². The number of rotatable bonds is 10. The second kappa shape index (κ2) is 12.0. The molecule has 0 unspecified atom stereocenters. The molecule has 3 aromatic rings. The summed E-state index contributed by atoms with van der Waals surface area (Å²) in [5.41, 5.74) is 3.81. The topological polar surface area (TPSA) is 44.4 Å². The lowest BCUT2D eigenvalue weighted by Gasteiger charge is -2.36. The molecule has 9 heteroatoms. The van der Waals surface area contributed by atoms with Crippen molar-refractivity contribution in [1.82, 2.24) is 15.5 Å². The van der Waals surface area contributed by atoms with Gasteiger partial charge in [0.2, 0.25) is 0 Å². The van der Waals surface area contributed by atoms with Crippen LogP contribution in [0, 0.1) is 0 Å². The summed E-state index contributed by atoms with van der Waals surface area (Å²) >= 11 is 7.24. The van der Waals surface area contributed by atoms with Gasteiger partial charge in [0.05, 0.1) is 14.6 Å². The smallest absolute Gasteiger partial charge is 0.379 e. The maximum absolute atomic E-state index is 13.2. The predicted octanol–water partition coefficient (Wildman–Crippen LogP) is 7.40. The average Bonchev–Trinajstić information content (AvgIpc) is 3.50. The number of fused-ring (bicyclic) bond motifs is 3. The number of allylic oxidation sites excluding steroid dienone is 1. The molecule has 1 saturated heterocycles. The van der Waals surface area contributed by atoms with Crippen molar-refractivity contribution in [2.24, 2.45) is 0 Å². The van der Waals surface area contributed by atoms with Crippen molar-refractivity contribution < 1.29 is 18.0 Å². The first kappa shape index (κ1) is 28.7. The molecule has 1 aliphatic heterocycles. The van der Waals surface area contributed by atoms with E-state index in [1.54, 1.807) is 12.1 Å². The zero-order chi connectivity index (χ0) is 28.3. The molecule has 0 bridgehead atoms. The maximum Gasteiger partial charge on any atom is 0.405 e. The van der Waals surface area contributed by atoms with Gasteiger partial charge in [-0.05, 0) is 66.6 Å². The number of hydrogen-bond donors (Lipinski definition) is 2. The lowest BCUT2D eigenvalue weighted by atomic mass is 9.72. The summed E-state index contributed by atoms with van der Waals surface area (Å²) in [5, 5.41) is 5.76. The van der Waals surface area contributed by atoms with E-state index in [-0.39, 0.29) is 11.9 Å². The van der Waals surface area contributed by atoms with E-state index in [1.165, 1.54) is 11.3 Å². The zero-order valence-electron chi connectivity index (χ0n) is 22.2. The van der Waals surface area contributed by atoms with E-state index in [9.17, 15) is 18.0 Å². The zero-order valence-corrected chi connectivity index (χ0v) is 23.8. The van der Waals surface area contributed by atoms with E-state index in [0.717, 1.165) is 67.6 Å². The first-order chi connectivity index (χ1) is 19.2. The lowest BCUT2D eigenvalue weighted by Crippen LogP contribution is -2.44. The molecular formula is C31H33ClF3N3OS. The molecule has 0 radical (unpaired) electrons. The summed E-state index contributed by atoms with van der Waals surface area (Å²) in [6, 6.07) is 19.6. The van der Waals surface area contributed by atoms with Crippen LogP contribution in [0.2, 0.25) is 4.34 Å². The molecule has 2 aromatic carbocycles. The van der Waals surface area contributed by atoms with Crippen LogP contribution in [0.4, 0.5) is 13.2 Å².